The summed E-state index contributed by atoms with van der Waals surface area (Å²) in [7, 11) is 0. The molecule has 6 nitrogen and oxygen atoms in total. The van der Waals surface area contributed by atoms with Gasteiger partial charge in [-0.2, -0.15) is 0 Å². The molecule has 0 aliphatic carbocycles. The van der Waals surface area contributed by atoms with Crippen LogP contribution >= 0.6 is 0 Å². The van der Waals surface area contributed by atoms with Crippen molar-refractivity contribution in [3.63, 3.8) is 0 Å². The van der Waals surface area contributed by atoms with Gasteiger partial charge in [-0.25, -0.2) is 0 Å². The van der Waals surface area contributed by atoms with E-state index in [-0.39, 0.29) is 19.8 Å². The summed E-state index contributed by atoms with van der Waals surface area (Å²) < 4.78 is 23.8. The van der Waals surface area contributed by atoms with Crippen molar-refractivity contribution in [3.8, 4) is 5.75 Å². The summed E-state index contributed by atoms with van der Waals surface area (Å²) in [5.41, 5.74) is 1.07. The van der Waals surface area contributed by atoms with Gasteiger partial charge >= 0.3 is 0 Å². The second kappa shape index (κ2) is 12.1. The Bertz CT molecular complexity index is 1060. The van der Waals surface area contributed by atoms with Crippen LogP contribution in [0.15, 0.2) is 97.6 Å². The lowest BCUT2D eigenvalue weighted by atomic mass is 9.91. The average molecular weight is 477 g/mol. The van der Waals surface area contributed by atoms with Crippen LogP contribution in [-0.2, 0) is 27.4 Å². The monoisotopic (exact) mass is 476 g/mol. The van der Waals surface area contributed by atoms with Crippen molar-refractivity contribution in [1.82, 2.24) is 0 Å². The Labute approximate surface area is 206 Å². The van der Waals surface area contributed by atoms with Gasteiger partial charge in [0.15, 0.2) is 0 Å². The first-order chi connectivity index (χ1) is 17.1. The first-order valence-corrected chi connectivity index (χ1v) is 11.7. The van der Waals surface area contributed by atoms with Gasteiger partial charge in [0.05, 0.1) is 26.4 Å². The third kappa shape index (κ3) is 6.36. The normalized spacial score (nSPS) is 22.6. The molecule has 2 unspecified atom stereocenters. The lowest BCUT2D eigenvalue weighted by Crippen LogP contribution is -2.50. The standard InChI is InChI=1S/C29H32O6/c1-2-17-33-25-16-10-9-15-24(25)26(30)27-28(34-19-23-13-7-4-8-14-23)29(31,21-35-27)20-32-18-22-11-5-3-6-12-22/h2-16,26-28,30-31H,1,17-21H2/t26?,27-,28?,29+/m1/s1. The number of aliphatic hydroxyl groups is 2. The van der Waals surface area contributed by atoms with E-state index in [9.17, 15) is 10.2 Å². The van der Waals surface area contributed by atoms with Gasteiger partial charge in [0.2, 0.25) is 0 Å². The Kier molecular flexibility index (Phi) is 8.69. The molecule has 0 bridgehead atoms. The fraction of sp³-hybridized carbons (Fsp3) is 0.310. The van der Waals surface area contributed by atoms with Crippen LogP contribution in [0.4, 0.5) is 0 Å². The van der Waals surface area contributed by atoms with Crippen LogP contribution in [0.1, 0.15) is 22.8 Å². The molecule has 4 atom stereocenters. The van der Waals surface area contributed by atoms with Crippen LogP contribution < -0.4 is 4.74 Å². The zero-order valence-corrected chi connectivity index (χ0v) is 19.7. The zero-order chi connectivity index (χ0) is 24.5. The van der Waals surface area contributed by atoms with E-state index in [1.54, 1.807) is 18.2 Å². The molecule has 0 amide bonds. The third-order valence-electron chi connectivity index (χ3n) is 6.00. The van der Waals surface area contributed by atoms with Crippen molar-refractivity contribution in [2.24, 2.45) is 0 Å². The third-order valence-corrected chi connectivity index (χ3v) is 6.00. The number of rotatable bonds is 12. The van der Waals surface area contributed by atoms with E-state index in [0.29, 0.717) is 24.5 Å². The van der Waals surface area contributed by atoms with Gasteiger partial charge in [-0.15, -0.1) is 0 Å². The molecule has 0 saturated carbocycles. The molecule has 1 fully saturated rings. The second-order valence-corrected chi connectivity index (χ2v) is 8.66. The Morgan fingerprint density at radius 2 is 1.57 bits per heavy atom. The van der Waals surface area contributed by atoms with Crippen molar-refractivity contribution in [2.45, 2.75) is 37.1 Å². The molecule has 0 aromatic heterocycles. The zero-order valence-electron chi connectivity index (χ0n) is 19.7. The van der Waals surface area contributed by atoms with E-state index < -0.39 is 23.9 Å². The Morgan fingerprint density at radius 3 is 2.26 bits per heavy atom. The minimum atomic E-state index is -1.44. The second-order valence-electron chi connectivity index (χ2n) is 8.66. The van der Waals surface area contributed by atoms with Crippen LogP contribution in [0.2, 0.25) is 0 Å². The number of ether oxygens (including phenoxy) is 4. The fourth-order valence-electron chi connectivity index (χ4n) is 4.21. The number of aliphatic hydroxyl groups excluding tert-OH is 1. The molecule has 0 radical (unpaired) electrons. The summed E-state index contributed by atoms with van der Waals surface area (Å²) in [6.07, 6.45) is -1.09. The van der Waals surface area contributed by atoms with Crippen LogP contribution in [-0.4, -0.2) is 47.8 Å². The fourth-order valence-corrected chi connectivity index (χ4v) is 4.21. The van der Waals surface area contributed by atoms with Crippen molar-refractivity contribution in [1.29, 1.82) is 0 Å². The minimum Gasteiger partial charge on any atom is -0.489 e. The smallest absolute Gasteiger partial charge is 0.140 e. The summed E-state index contributed by atoms with van der Waals surface area (Å²) >= 11 is 0. The number of benzene rings is 3. The first-order valence-electron chi connectivity index (χ1n) is 11.7. The van der Waals surface area contributed by atoms with Gasteiger partial charge in [-0.1, -0.05) is 91.5 Å². The van der Waals surface area contributed by atoms with E-state index in [1.165, 1.54) is 0 Å². The lowest BCUT2D eigenvalue weighted by Gasteiger charge is -2.32. The van der Waals surface area contributed by atoms with Crippen molar-refractivity contribution < 1.29 is 29.2 Å². The highest BCUT2D eigenvalue weighted by Crippen LogP contribution is 2.38. The van der Waals surface area contributed by atoms with E-state index >= 15 is 0 Å². The molecule has 1 saturated heterocycles. The molecule has 35 heavy (non-hydrogen) atoms. The van der Waals surface area contributed by atoms with Crippen molar-refractivity contribution in [2.75, 3.05) is 19.8 Å². The van der Waals surface area contributed by atoms with E-state index in [2.05, 4.69) is 6.58 Å². The van der Waals surface area contributed by atoms with Gasteiger partial charge in [-0.05, 0) is 17.2 Å². The molecule has 1 aliphatic heterocycles. The van der Waals surface area contributed by atoms with Crippen LogP contribution in [0.25, 0.3) is 0 Å². The molecule has 2 N–H and O–H groups in total. The average Bonchev–Trinajstić information content (AvgIpc) is 3.23. The van der Waals surface area contributed by atoms with Gasteiger partial charge < -0.3 is 29.2 Å². The molecule has 184 valence electrons. The Hall–Kier alpha value is -3.00. The lowest BCUT2D eigenvalue weighted by molar-refractivity contribution is -0.141. The number of hydrogen-bond donors (Lipinski definition) is 2. The molecule has 4 rings (SSSR count). The maximum atomic E-state index is 11.6. The number of hydrogen-bond acceptors (Lipinski definition) is 6. The Morgan fingerprint density at radius 1 is 0.943 bits per heavy atom. The quantitative estimate of drug-likeness (QED) is 0.381. The summed E-state index contributed by atoms with van der Waals surface area (Å²) in [4.78, 5) is 0. The molecule has 3 aromatic rings. The summed E-state index contributed by atoms with van der Waals surface area (Å²) in [6, 6.07) is 26.7. The molecular formula is C29H32O6. The summed E-state index contributed by atoms with van der Waals surface area (Å²) in [5, 5.41) is 22.9. The van der Waals surface area contributed by atoms with Crippen molar-refractivity contribution >= 4 is 0 Å². The van der Waals surface area contributed by atoms with Crippen LogP contribution in [0, 0.1) is 0 Å². The van der Waals surface area contributed by atoms with Crippen LogP contribution in [0.3, 0.4) is 0 Å². The highest BCUT2D eigenvalue weighted by atomic mass is 16.6. The van der Waals surface area contributed by atoms with Gasteiger partial charge in [0, 0.05) is 5.56 Å². The maximum Gasteiger partial charge on any atom is 0.140 e. The molecule has 1 heterocycles. The predicted molar refractivity (Wildman–Crippen MR) is 133 cm³/mol. The van der Waals surface area contributed by atoms with E-state index in [4.69, 9.17) is 18.9 Å². The predicted octanol–water partition coefficient (Wildman–Crippen LogP) is 4.22. The molecule has 3 aromatic carbocycles. The molecular weight excluding hydrogens is 444 g/mol. The summed E-state index contributed by atoms with van der Waals surface area (Å²) in [5.74, 6) is 0.529. The van der Waals surface area contributed by atoms with E-state index in [0.717, 1.165) is 11.1 Å². The van der Waals surface area contributed by atoms with Gasteiger partial charge in [0.25, 0.3) is 0 Å². The van der Waals surface area contributed by atoms with E-state index in [1.807, 2.05) is 72.8 Å². The topological polar surface area (TPSA) is 77.4 Å². The van der Waals surface area contributed by atoms with Crippen molar-refractivity contribution in [3.05, 3.63) is 114 Å². The summed E-state index contributed by atoms with van der Waals surface area (Å²) in [6.45, 7) is 4.56. The van der Waals surface area contributed by atoms with Crippen LogP contribution in [0.5, 0.6) is 5.75 Å². The Balaban J connectivity index is 1.52. The van der Waals surface area contributed by atoms with Gasteiger partial charge in [-0.3, -0.25) is 0 Å². The maximum absolute atomic E-state index is 11.6. The molecule has 1 aliphatic rings. The molecule has 0 spiro atoms. The largest absolute Gasteiger partial charge is 0.489 e. The number of para-hydroxylation sites is 1. The van der Waals surface area contributed by atoms with Gasteiger partial charge in [0.1, 0.15) is 36.3 Å². The SMILES string of the molecule is C=CCOc1ccccc1C(O)[C@H]1OC[C@@](O)(COCc2ccccc2)C1OCc1ccccc1. The first kappa shape index (κ1) is 25.1. The molecule has 6 heteroatoms. The minimum absolute atomic E-state index is 0.000812. The highest BCUT2D eigenvalue weighted by molar-refractivity contribution is 5.36. The highest BCUT2D eigenvalue weighted by Gasteiger charge is 2.53.